The van der Waals surface area contributed by atoms with Crippen LogP contribution in [-0.2, 0) is 15.0 Å². The fourth-order valence-electron chi connectivity index (χ4n) is 3.18. The molecule has 1 unspecified atom stereocenters. The van der Waals surface area contributed by atoms with Crippen LogP contribution in [0.15, 0.2) is 30.5 Å². The van der Waals surface area contributed by atoms with Crippen LogP contribution in [0.2, 0.25) is 0 Å². The number of esters is 1. The van der Waals surface area contributed by atoms with Crippen molar-refractivity contribution in [3.63, 3.8) is 0 Å². The van der Waals surface area contributed by atoms with Crippen molar-refractivity contribution in [2.24, 2.45) is 0 Å². The number of carbonyl (C=O) groups excluding carboxylic acids is 1. The molecular formula is C17H22ClNO4. The number of hydrogen-bond donors (Lipinski definition) is 1. The Kier molecular flexibility index (Phi) is 5.20. The molecule has 6 heteroatoms. The van der Waals surface area contributed by atoms with Gasteiger partial charge in [-0.2, -0.15) is 0 Å². The van der Waals surface area contributed by atoms with E-state index in [2.05, 4.69) is 5.32 Å². The van der Waals surface area contributed by atoms with Crippen LogP contribution in [0, 0.1) is 0 Å². The highest BCUT2D eigenvalue weighted by atomic mass is 35.5. The molecule has 2 atom stereocenters. The van der Waals surface area contributed by atoms with Gasteiger partial charge in [0.15, 0.2) is 0 Å². The Labute approximate surface area is 143 Å². The van der Waals surface area contributed by atoms with E-state index in [4.69, 9.17) is 15.6 Å². The number of methoxy groups -OCH3 is 1. The lowest BCUT2D eigenvalue weighted by Gasteiger charge is -2.42. The van der Waals surface area contributed by atoms with Gasteiger partial charge in [-0.05, 0) is 44.5 Å². The van der Waals surface area contributed by atoms with Gasteiger partial charge in [0, 0.05) is 13.5 Å². The maximum Gasteiger partial charge on any atom is 0.337 e. The lowest BCUT2D eigenvalue weighted by molar-refractivity contribution is 0.0157. The molecule has 3 rings (SSSR count). The van der Waals surface area contributed by atoms with Crippen molar-refractivity contribution in [3.8, 4) is 5.75 Å². The molecule has 1 saturated heterocycles. The molecule has 0 saturated carbocycles. The molecule has 1 aromatic rings. The largest absolute Gasteiger partial charge is 0.465 e. The van der Waals surface area contributed by atoms with Gasteiger partial charge in [0.25, 0.3) is 0 Å². The molecule has 2 aliphatic rings. The second-order valence-electron chi connectivity index (χ2n) is 5.51. The molecule has 0 bridgehead atoms. The van der Waals surface area contributed by atoms with Crippen LogP contribution in [-0.4, -0.2) is 32.3 Å². The van der Waals surface area contributed by atoms with Crippen LogP contribution >= 0.6 is 12.4 Å². The zero-order valence-corrected chi connectivity index (χ0v) is 13.9. The second kappa shape index (κ2) is 7.34. The van der Waals surface area contributed by atoms with Crippen molar-refractivity contribution in [2.75, 3.05) is 20.3 Å². The van der Waals surface area contributed by atoms with Gasteiger partial charge in [-0.25, -0.2) is 4.79 Å². The molecule has 5 nitrogen and oxygen atoms in total. The molecule has 0 amide bonds. The average molecular weight is 341 g/mol. The second-order valence-corrected chi connectivity index (χ2v) is 5.51. The fraction of sp³-hybridized carbons (Fsp3) is 0.471. The fourth-order valence-corrected chi connectivity index (χ4v) is 3.18. The van der Waals surface area contributed by atoms with Gasteiger partial charge in [0.05, 0.1) is 30.6 Å². The number of fused-ring (bicyclic) bond motifs is 2. The van der Waals surface area contributed by atoms with Crippen LogP contribution < -0.4 is 10.1 Å². The van der Waals surface area contributed by atoms with E-state index >= 15 is 0 Å². The third-order valence-electron chi connectivity index (χ3n) is 4.24. The summed E-state index contributed by atoms with van der Waals surface area (Å²) >= 11 is 0. The Morgan fingerprint density at radius 3 is 3.22 bits per heavy atom. The summed E-state index contributed by atoms with van der Waals surface area (Å²) in [5.74, 6) is 0.275. The number of hydrogen-bond acceptors (Lipinski definition) is 5. The number of halogens is 1. The third-order valence-corrected chi connectivity index (χ3v) is 4.24. The zero-order valence-electron chi connectivity index (χ0n) is 14.0. The van der Waals surface area contributed by atoms with E-state index in [9.17, 15) is 4.79 Å². The van der Waals surface area contributed by atoms with Crippen LogP contribution in [0.25, 0.3) is 0 Å². The van der Waals surface area contributed by atoms with Crippen molar-refractivity contribution in [2.45, 2.75) is 31.4 Å². The first-order valence-corrected chi connectivity index (χ1v) is 7.41. The predicted molar refractivity (Wildman–Crippen MR) is 89.1 cm³/mol. The third kappa shape index (κ3) is 3.37. The van der Waals surface area contributed by atoms with Gasteiger partial charge in [-0.15, -0.1) is 12.4 Å². The maximum atomic E-state index is 11.7. The van der Waals surface area contributed by atoms with E-state index < -0.39 is 0 Å². The highest BCUT2D eigenvalue weighted by Crippen LogP contribution is 2.41. The quantitative estimate of drug-likeness (QED) is 0.857. The lowest BCUT2D eigenvalue weighted by atomic mass is 9.79. The summed E-state index contributed by atoms with van der Waals surface area (Å²) in [6.45, 7) is 1.55. The summed E-state index contributed by atoms with van der Waals surface area (Å²) in [4.78, 5) is 11.7. The number of nitrogens with one attached hydrogen (secondary N) is 1. The molecule has 1 N–H and O–H groups in total. The van der Waals surface area contributed by atoms with Gasteiger partial charge < -0.3 is 19.5 Å². The first-order valence-electron chi connectivity index (χ1n) is 8.12. The Hall–Kier alpha value is -1.56. The predicted octanol–water partition coefficient (Wildman–Crippen LogP) is 2.78. The minimum atomic E-state index is -0.381. The topological polar surface area (TPSA) is 56.8 Å². The first kappa shape index (κ1) is 16.3. The van der Waals surface area contributed by atoms with Crippen molar-refractivity contribution in [3.05, 3.63) is 41.7 Å². The number of ether oxygens (including phenoxy) is 3. The molecule has 0 radical (unpaired) electrons. The highest BCUT2D eigenvalue weighted by Gasteiger charge is 2.40. The molecule has 0 aliphatic carbocycles. The Bertz CT molecular complexity index is 625. The molecule has 2 heterocycles. The number of rotatable bonds is 3. The minimum absolute atomic E-state index is 0. The van der Waals surface area contributed by atoms with Crippen LogP contribution in [0.1, 0.15) is 37.0 Å². The Morgan fingerprint density at radius 2 is 2.43 bits per heavy atom. The first-order chi connectivity index (χ1) is 11.2. The van der Waals surface area contributed by atoms with Gasteiger partial charge >= 0.3 is 5.97 Å². The number of benzene rings is 1. The molecule has 0 aromatic heterocycles. The summed E-state index contributed by atoms with van der Waals surface area (Å²) in [6.07, 6.45) is 5.47. The summed E-state index contributed by atoms with van der Waals surface area (Å²) in [7, 11) is 1.36. The molecule has 1 aromatic carbocycles. The van der Waals surface area contributed by atoms with E-state index in [1.807, 2.05) is 12.1 Å². The summed E-state index contributed by atoms with van der Waals surface area (Å²) in [5, 5.41) is 3.55. The van der Waals surface area contributed by atoms with Gasteiger partial charge in [-0.3, -0.25) is 0 Å². The SMILES string of the molecule is Cl.[2H]CCOC1CCN[C@]2(C=COc3cc(C(=O)OC)ccc32)C1. The number of carbonyl (C=O) groups is 1. The van der Waals surface area contributed by atoms with E-state index in [0.29, 0.717) is 17.9 Å². The van der Waals surface area contributed by atoms with Crippen LogP contribution in [0.5, 0.6) is 5.75 Å². The van der Waals surface area contributed by atoms with Gasteiger partial charge in [-0.1, -0.05) is 6.07 Å². The Morgan fingerprint density at radius 1 is 1.57 bits per heavy atom. The number of piperidine rings is 1. The summed E-state index contributed by atoms with van der Waals surface area (Å²) in [6, 6.07) is 5.37. The van der Waals surface area contributed by atoms with Crippen molar-refractivity contribution in [1.82, 2.24) is 5.32 Å². The van der Waals surface area contributed by atoms with Crippen LogP contribution in [0.3, 0.4) is 0 Å². The molecule has 2 aliphatic heterocycles. The summed E-state index contributed by atoms with van der Waals surface area (Å²) in [5.41, 5.74) is 1.11. The smallest absolute Gasteiger partial charge is 0.337 e. The lowest BCUT2D eigenvalue weighted by Crippen LogP contribution is -2.50. The summed E-state index contributed by atoms with van der Waals surface area (Å²) < 4.78 is 23.4. The van der Waals surface area contributed by atoms with Crippen molar-refractivity contribution >= 4 is 18.4 Å². The molecule has 126 valence electrons. The van der Waals surface area contributed by atoms with Crippen molar-refractivity contribution < 1.29 is 20.4 Å². The molecule has 23 heavy (non-hydrogen) atoms. The minimum Gasteiger partial charge on any atom is -0.465 e. The molecular weight excluding hydrogens is 318 g/mol. The zero-order chi connectivity index (χ0) is 16.3. The maximum absolute atomic E-state index is 11.7. The van der Waals surface area contributed by atoms with E-state index in [1.165, 1.54) is 7.11 Å². The normalized spacial score (nSPS) is 25.8. The van der Waals surface area contributed by atoms with E-state index in [1.54, 1.807) is 18.4 Å². The molecule has 1 spiro atoms. The average Bonchev–Trinajstić information content (AvgIpc) is 2.59. The van der Waals surface area contributed by atoms with E-state index in [-0.39, 0.29) is 36.9 Å². The Balaban J connectivity index is 0.00000208. The standard InChI is InChI=1S/C17H21NO4.ClH/c1-3-21-13-6-8-18-17(11-13)7-9-22-15-10-12(16(19)20-2)4-5-14(15)17;/h4-5,7,9-10,13,18H,3,6,8,11H2,1-2H3;1H/t13?,17-;/m1./s1/i1D;. The molecule has 1 fully saturated rings. The highest BCUT2D eigenvalue weighted by molar-refractivity contribution is 5.90. The monoisotopic (exact) mass is 340 g/mol. The van der Waals surface area contributed by atoms with Gasteiger partial charge in [0.1, 0.15) is 5.75 Å². The van der Waals surface area contributed by atoms with E-state index in [0.717, 1.165) is 24.9 Å². The van der Waals surface area contributed by atoms with Crippen LogP contribution in [0.4, 0.5) is 0 Å². The van der Waals surface area contributed by atoms with Crippen molar-refractivity contribution in [1.29, 1.82) is 0 Å². The van der Waals surface area contributed by atoms with Gasteiger partial charge in [0.2, 0.25) is 0 Å².